The fraction of sp³-hybridized carbons (Fsp3) is 0.190. The van der Waals surface area contributed by atoms with Crippen molar-refractivity contribution < 1.29 is 4.42 Å². The molecule has 2 aromatic heterocycles. The summed E-state index contributed by atoms with van der Waals surface area (Å²) in [4.78, 5) is 6.65. The van der Waals surface area contributed by atoms with Gasteiger partial charge < -0.3 is 9.32 Å². The Morgan fingerprint density at radius 2 is 2.00 bits per heavy atom. The van der Waals surface area contributed by atoms with Crippen LogP contribution in [0.2, 0.25) is 0 Å². The van der Waals surface area contributed by atoms with Crippen LogP contribution < -0.4 is 0 Å². The molecule has 0 amide bonds. The number of likely N-dealkylation sites (N-methyl/N-ethyl adjacent to an activating group) is 1. The summed E-state index contributed by atoms with van der Waals surface area (Å²) in [5.41, 5.74) is 5.49. The number of hydrogen-bond donors (Lipinski definition) is 0. The van der Waals surface area contributed by atoms with Crippen molar-refractivity contribution in [1.82, 2.24) is 20.1 Å². The van der Waals surface area contributed by atoms with Gasteiger partial charge in [-0.05, 0) is 36.4 Å². The van der Waals surface area contributed by atoms with Crippen LogP contribution in [0.15, 0.2) is 65.5 Å². The Balaban J connectivity index is 1.59. The SMILES string of the molecule is CN1Cc2cc(-c3cnncn3)ccc2C(c2cc3ccccc3o2)C1. The predicted molar refractivity (Wildman–Crippen MR) is 99.7 cm³/mol. The van der Waals surface area contributed by atoms with Gasteiger partial charge in [-0.2, -0.15) is 5.10 Å². The first-order valence-corrected chi connectivity index (χ1v) is 8.71. The van der Waals surface area contributed by atoms with E-state index in [4.69, 9.17) is 4.42 Å². The molecule has 0 fully saturated rings. The Bertz CT molecular complexity index is 1040. The molecule has 128 valence electrons. The van der Waals surface area contributed by atoms with Gasteiger partial charge in [0.25, 0.3) is 0 Å². The molecule has 5 rings (SSSR count). The van der Waals surface area contributed by atoms with Crippen molar-refractivity contribution in [3.63, 3.8) is 0 Å². The predicted octanol–water partition coefficient (Wildman–Crippen LogP) is 3.86. The molecule has 0 saturated heterocycles. The van der Waals surface area contributed by atoms with Crippen molar-refractivity contribution in [2.24, 2.45) is 0 Å². The molecule has 0 N–H and O–H groups in total. The maximum atomic E-state index is 6.17. The van der Waals surface area contributed by atoms with Crippen LogP contribution in [0.25, 0.3) is 22.2 Å². The van der Waals surface area contributed by atoms with Crippen molar-refractivity contribution in [2.45, 2.75) is 12.5 Å². The van der Waals surface area contributed by atoms with Crippen molar-refractivity contribution >= 4 is 11.0 Å². The van der Waals surface area contributed by atoms with Gasteiger partial charge in [0.2, 0.25) is 0 Å². The second-order valence-corrected chi connectivity index (χ2v) is 6.84. The minimum absolute atomic E-state index is 0.230. The standard InChI is InChI=1S/C21H18N4O/c1-25-11-16-8-14(19-10-23-24-13-22-19)6-7-17(16)18(12-25)21-9-15-4-2-3-5-20(15)26-21/h2-10,13,18H,11-12H2,1H3. The molecule has 4 aromatic rings. The maximum Gasteiger partial charge on any atom is 0.138 e. The van der Waals surface area contributed by atoms with Gasteiger partial charge in [0.15, 0.2) is 0 Å². The van der Waals surface area contributed by atoms with Crippen LogP contribution >= 0.6 is 0 Å². The summed E-state index contributed by atoms with van der Waals surface area (Å²) >= 11 is 0. The zero-order chi connectivity index (χ0) is 17.5. The van der Waals surface area contributed by atoms with E-state index in [2.05, 4.69) is 57.5 Å². The summed E-state index contributed by atoms with van der Waals surface area (Å²) in [6.07, 6.45) is 3.18. The van der Waals surface area contributed by atoms with E-state index in [-0.39, 0.29) is 5.92 Å². The van der Waals surface area contributed by atoms with E-state index < -0.39 is 0 Å². The zero-order valence-corrected chi connectivity index (χ0v) is 14.5. The summed E-state index contributed by atoms with van der Waals surface area (Å²) in [5.74, 6) is 1.25. The van der Waals surface area contributed by atoms with Gasteiger partial charge in [-0.1, -0.05) is 30.3 Å². The average molecular weight is 342 g/mol. The van der Waals surface area contributed by atoms with E-state index in [0.717, 1.165) is 41.1 Å². The molecule has 1 unspecified atom stereocenters. The normalized spacial score (nSPS) is 17.3. The Morgan fingerprint density at radius 3 is 2.85 bits per heavy atom. The molecular formula is C21H18N4O. The maximum absolute atomic E-state index is 6.17. The van der Waals surface area contributed by atoms with Gasteiger partial charge >= 0.3 is 0 Å². The molecular weight excluding hydrogens is 324 g/mol. The molecule has 0 radical (unpaired) electrons. The monoisotopic (exact) mass is 342 g/mol. The van der Waals surface area contributed by atoms with E-state index in [9.17, 15) is 0 Å². The fourth-order valence-corrected chi connectivity index (χ4v) is 3.81. The van der Waals surface area contributed by atoms with Gasteiger partial charge in [0.1, 0.15) is 17.7 Å². The third kappa shape index (κ3) is 2.57. The molecule has 3 heterocycles. The molecule has 26 heavy (non-hydrogen) atoms. The first kappa shape index (κ1) is 15.2. The Hall–Kier alpha value is -3.05. The zero-order valence-electron chi connectivity index (χ0n) is 14.5. The number of nitrogens with zero attached hydrogens (tertiary/aromatic N) is 4. The molecule has 2 aromatic carbocycles. The Kier molecular flexibility index (Phi) is 3.53. The van der Waals surface area contributed by atoms with Crippen LogP contribution in [-0.4, -0.2) is 33.7 Å². The number of benzene rings is 2. The molecule has 5 heteroatoms. The van der Waals surface area contributed by atoms with Crippen molar-refractivity contribution in [3.8, 4) is 11.3 Å². The van der Waals surface area contributed by atoms with Crippen LogP contribution in [-0.2, 0) is 6.54 Å². The van der Waals surface area contributed by atoms with Crippen LogP contribution in [0.1, 0.15) is 22.8 Å². The van der Waals surface area contributed by atoms with E-state index in [1.807, 2.05) is 18.2 Å². The Morgan fingerprint density at radius 1 is 1.08 bits per heavy atom. The third-order valence-electron chi connectivity index (χ3n) is 5.03. The van der Waals surface area contributed by atoms with Gasteiger partial charge in [-0.15, -0.1) is 5.10 Å². The summed E-state index contributed by atoms with van der Waals surface area (Å²) in [5, 5.41) is 8.85. The van der Waals surface area contributed by atoms with E-state index in [1.165, 1.54) is 17.5 Å². The fourth-order valence-electron chi connectivity index (χ4n) is 3.81. The molecule has 0 saturated carbocycles. The number of para-hydroxylation sites is 1. The highest BCUT2D eigenvalue weighted by molar-refractivity contribution is 5.78. The van der Waals surface area contributed by atoms with Gasteiger partial charge in [-0.3, -0.25) is 0 Å². The van der Waals surface area contributed by atoms with Crippen LogP contribution in [0.3, 0.4) is 0 Å². The minimum atomic E-state index is 0.230. The van der Waals surface area contributed by atoms with Crippen molar-refractivity contribution in [3.05, 3.63) is 77.9 Å². The Labute approximate surface area is 151 Å². The molecule has 5 nitrogen and oxygen atoms in total. The second kappa shape index (κ2) is 6.04. The topological polar surface area (TPSA) is 55.1 Å². The first-order valence-electron chi connectivity index (χ1n) is 8.71. The number of rotatable bonds is 2. The smallest absolute Gasteiger partial charge is 0.138 e. The summed E-state index contributed by atoms with van der Waals surface area (Å²) < 4.78 is 6.17. The molecule has 1 atom stereocenters. The highest BCUT2D eigenvalue weighted by Crippen LogP contribution is 2.37. The lowest BCUT2D eigenvalue weighted by Crippen LogP contribution is -2.30. The minimum Gasteiger partial charge on any atom is -0.460 e. The first-order chi connectivity index (χ1) is 12.8. The molecule has 1 aliphatic heterocycles. The van der Waals surface area contributed by atoms with E-state index in [0.29, 0.717) is 0 Å². The molecule has 0 aliphatic carbocycles. The number of furan rings is 1. The lowest BCUT2D eigenvalue weighted by molar-refractivity contribution is 0.282. The molecule has 0 bridgehead atoms. The van der Waals surface area contributed by atoms with Crippen molar-refractivity contribution in [2.75, 3.05) is 13.6 Å². The molecule has 0 spiro atoms. The summed E-state index contributed by atoms with van der Waals surface area (Å²) in [6, 6.07) is 16.9. The quantitative estimate of drug-likeness (QED) is 0.554. The van der Waals surface area contributed by atoms with Crippen LogP contribution in [0.4, 0.5) is 0 Å². The summed E-state index contributed by atoms with van der Waals surface area (Å²) in [6.45, 7) is 1.86. The summed E-state index contributed by atoms with van der Waals surface area (Å²) in [7, 11) is 2.15. The van der Waals surface area contributed by atoms with Crippen molar-refractivity contribution in [1.29, 1.82) is 0 Å². The van der Waals surface area contributed by atoms with Gasteiger partial charge in [0.05, 0.1) is 17.8 Å². The highest BCUT2D eigenvalue weighted by Gasteiger charge is 2.27. The molecule has 1 aliphatic rings. The highest BCUT2D eigenvalue weighted by atomic mass is 16.3. The van der Waals surface area contributed by atoms with E-state index >= 15 is 0 Å². The number of fused-ring (bicyclic) bond motifs is 2. The number of hydrogen-bond acceptors (Lipinski definition) is 5. The van der Waals surface area contributed by atoms with E-state index in [1.54, 1.807) is 6.20 Å². The number of aromatic nitrogens is 3. The lowest BCUT2D eigenvalue weighted by Gasteiger charge is -2.31. The second-order valence-electron chi connectivity index (χ2n) is 6.84. The average Bonchev–Trinajstić information content (AvgIpc) is 3.11. The largest absolute Gasteiger partial charge is 0.460 e. The third-order valence-corrected chi connectivity index (χ3v) is 5.03. The van der Waals surface area contributed by atoms with Gasteiger partial charge in [0, 0.05) is 24.0 Å². The lowest BCUT2D eigenvalue weighted by atomic mass is 9.87. The van der Waals surface area contributed by atoms with Gasteiger partial charge in [-0.25, -0.2) is 4.98 Å². The van der Waals surface area contributed by atoms with Crippen LogP contribution in [0, 0.1) is 0 Å². The van der Waals surface area contributed by atoms with Crippen LogP contribution in [0.5, 0.6) is 0 Å².